The van der Waals surface area contributed by atoms with Crippen molar-refractivity contribution in [3.63, 3.8) is 0 Å². The zero-order valence-electron chi connectivity index (χ0n) is 12.8. The van der Waals surface area contributed by atoms with E-state index in [1.54, 1.807) is 0 Å². The van der Waals surface area contributed by atoms with E-state index in [0.717, 1.165) is 6.61 Å². The Balaban J connectivity index is 1.61. The van der Waals surface area contributed by atoms with E-state index in [1.807, 2.05) is 11.7 Å². The molecule has 0 bridgehead atoms. The molecule has 0 aromatic carbocycles. The van der Waals surface area contributed by atoms with Crippen molar-refractivity contribution in [2.24, 2.45) is 7.05 Å². The van der Waals surface area contributed by atoms with Crippen LogP contribution in [0.1, 0.15) is 50.3 Å². The standard InChI is InChI=1S/C16H25N3O/c1-11(2)20-10-16-5-4-6-19(16)14-7-12-9-18(3)17-15(12)13(14)8-16/h9,11,13-14H,4-8,10H2,1-3H3. The number of hydrogen-bond acceptors (Lipinski definition) is 3. The fourth-order valence-electron chi connectivity index (χ4n) is 4.78. The first-order chi connectivity index (χ1) is 9.59. The van der Waals surface area contributed by atoms with E-state index in [9.17, 15) is 0 Å². The Labute approximate surface area is 121 Å². The molecule has 0 amide bonds. The molecule has 4 heteroatoms. The lowest BCUT2D eigenvalue weighted by molar-refractivity contribution is -0.00492. The van der Waals surface area contributed by atoms with Gasteiger partial charge in [0.2, 0.25) is 0 Å². The van der Waals surface area contributed by atoms with E-state index < -0.39 is 0 Å². The maximum Gasteiger partial charge on any atom is 0.0704 e. The van der Waals surface area contributed by atoms with Crippen LogP contribution in [-0.2, 0) is 18.2 Å². The molecule has 0 N–H and O–H groups in total. The van der Waals surface area contributed by atoms with Crippen LogP contribution < -0.4 is 0 Å². The van der Waals surface area contributed by atoms with Crippen LogP contribution in [0.25, 0.3) is 0 Å². The van der Waals surface area contributed by atoms with Crippen molar-refractivity contribution in [2.75, 3.05) is 13.2 Å². The average molecular weight is 275 g/mol. The van der Waals surface area contributed by atoms with Gasteiger partial charge >= 0.3 is 0 Å². The van der Waals surface area contributed by atoms with E-state index in [1.165, 1.54) is 43.5 Å². The second kappa shape index (κ2) is 4.31. The van der Waals surface area contributed by atoms with Crippen molar-refractivity contribution < 1.29 is 4.74 Å². The molecule has 2 saturated heterocycles. The van der Waals surface area contributed by atoms with Crippen LogP contribution >= 0.6 is 0 Å². The lowest BCUT2D eigenvalue weighted by atomic mass is 9.89. The minimum atomic E-state index is 0.300. The number of nitrogens with zero attached hydrogens (tertiary/aromatic N) is 3. The molecule has 4 rings (SSSR count). The molecule has 4 nitrogen and oxygen atoms in total. The number of rotatable bonds is 3. The molecular weight excluding hydrogens is 250 g/mol. The Bertz CT molecular complexity index is 524. The van der Waals surface area contributed by atoms with Crippen molar-refractivity contribution in [3.05, 3.63) is 17.5 Å². The van der Waals surface area contributed by atoms with Crippen LogP contribution in [0.15, 0.2) is 6.20 Å². The van der Waals surface area contributed by atoms with Gasteiger partial charge in [0, 0.05) is 30.7 Å². The summed E-state index contributed by atoms with van der Waals surface area (Å²) in [6.07, 6.45) is 7.62. The highest BCUT2D eigenvalue weighted by Gasteiger charge is 2.57. The molecule has 110 valence electrons. The maximum atomic E-state index is 6.02. The summed E-state index contributed by atoms with van der Waals surface area (Å²) in [5.74, 6) is 0.641. The van der Waals surface area contributed by atoms with Crippen LogP contribution in [0.3, 0.4) is 0 Å². The van der Waals surface area contributed by atoms with Crippen molar-refractivity contribution in [3.8, 4) is 0 Å². The van der Waals surface area contributed by atoms with Crippen molar-refractivity contribution in [2.45, 2.75) is 63.1 Å². The van der Waals surface area contributed by atoms with Gasteiger partial charge in [0.15, 0.2) is 0 Å². The molecule has 0 spiro atoms. The van der Waals surface area contributed by atoms with E-state index in [0.29, 0.717) is 23.6 Å². The zero-order chi connectivity index (χ0) is 13.9. The predicted octanol–water partition coefficient (Wildman–Crippen LogP) is 2.09. The highest BCUT2D eigenvalue weighted by atomic mass is 16.5. The minimum absolute atomic E-state index is 0.300. The van der Waals surface area contributed by atoms with Gasteiger partial charge in [-0.1, -0.05) is 0 Å². The topological polar surface area (TPSA) is 30.3 Å². The lowest BCUT2D eigenvalue weighted by Crippen LogP contribution is -2.46. The predicted molar refractivity (Wildman–Crippen MR) is 77.8 cm³/mol. The number of hydrogen-bond donors (Lipinski definition) is 0. The summed E-state index contributed by atoms with van der Waals surface area (Å²) in [6.45, 7) is 6.43. The summed E-state index contributed by atoms with van der Waals surface area (Å²) in [4.78, 5) is 2.77. The smallest absolute Gasteiger partial charge is 0.0704 e. The molecule has 3 heterocycles. The highest BCUT2D eigenvalue weighted by Crippen LogP contribution is 2.53. The fraction of sp³-hybridized carbons (Fsp3) is 0.812. The molecule has 3 aliphatic rings. The first-order valence-corrected chi connectivity index (χ1v) is 8.00. The van der Waals surface area contributed by atoms with E-state index >= 15 is 0 Å². The highest BCUT2D eigenvalue weighted by molar-refractivity contribution is 5.35. The molecule has 0 saturated carbocycles. The summed E-state index contributed by atoms with van der Waals surface area (Å²) in [5, 5.41) is 4.74. The van der Waals surface area contributed by atoms with Crippen molar-refractivity contribution in [1.82, 2.24) is 14.7 Å². The van der Waals surface area contributed by atoms with Crippen molar-refractivity contribution in [1.29, 1.82) is 0 Å². The number of aromatic nitrogens is 2. The first-order valence-electron chi connectivity index (χ1n) is 8.00. The summed E-state index contributed by atoms with van der Waals surface area (Å²) in [7, 11) is 2.04. The third kappa shape index (κ3) is 1.70. The van der Waals surface area contributed by atoms with Crippen molar-refractivity contribution >= 4 is 0 Å². The third-order valence-corrected chi connectivity index (χ3v) is 5.52. The molecule has 20 heavy (non-hydrogen) atoms. The Kier molecular flexibility index (Phi) is 2.77. The second-order valence-corrected chi connectivity index (χ2v) is 7.18. The molecule has 0 radical (unpaired) electrons. The van der Waals surface area contributed by atoms with Gasteiger partial charge in [-0.3, -0.25) is 9.58 Å². The summed E-state index contributed by atoms with van der Waals surface area (Å²) in [5.41, 5.74) is 3.15. The normalized spacial score (nSPS) is 35.6. The Morgan fingerprint density at radius 1 is 1.50 bits per heavy atom. The fourth-order valence-corrected chi connectivity index (χ4v) is 4.78. The number of ether oxygens (including phenoxy) is 1. The van der Waals surface area contributed by atoms with Gasteiger partial charge in [0.25, 0.3) is 0 Å². The summed E-state index contributed by atoms with van der Waals surface area (Å²) >= 11 is 0. The van der Waals surface area contributed by atoms with Gasteiger partial charge in [0.1, 0.15) is 0 Å². The van der Waals surface area contributed by atoms with Crippen LogP contribution in [0.5, 0.6) is 0 Å². The molecule has 3 atom stereocenters. The van der Waals surface area contributed by atoms with Crippen LogP contribution in [-0.4, -0.2) is 45.5 Å². The Morgan fingerprint density at radius 2 is 2.35 bits per heavy atom. The van der Waals surface area contributed by atoms with Gasteiger partial charge in [-0.25, -0.2) is 0 Å². The molecule has 2 fully saturated rings. The van der Waals surface area contributed by atoms with E-state index in [-0.39, 0.29) is 0 Å². The second-order valence-electron chi connectivity index (χ2n) is 7.18. The van der Waals surface area contributed by atoms with E-state index in [2.05, 4.69) is 24.9 Å². The minimum Gasteiger partial charge on any atom is -0.377 e. The average Bonchev–Trinajstić information content (AvgIpc) is 3.05. The van der Waals surface area contributed by atoms with Gasteiger partial charge < -0.3 is 4.74 Å². The SMILES string of the molecule is CC(C)OCC12CCCN1C1Cc3cn(C)nc3C1C2. The third-order valence-electron chi connectivity index (χ3n) is 5.52. The molecular formula is C16H25N3O. The van der Waals surface area contributed by atoms with E-state index in [4.69, 9.17) is 9.84 Å². The summed E-state index contributed by atoms with van der Waals surface area (Å²) < 4.78 is 8.01. The Morgan fingerprint density at radius 3 is 3.15 bits per heavy atom. The maximum absolute atomic E-state index is 6.02. The first kappa shape index (κ1) is 12.8. The summed E-state index contributed by atoms with van der Waals surface area (Å²) in [6, 6.07) is 0.687. The van der Waals surface area contributed by atoms with Crippen LogP contribution in [0.4, 0.5) is 0 Å². The number of aryl methyl sites for hydroxylation is 1. The molecule has 3 unspecified atom stereocenters. The van der Waals surface area contributed by atoms with Gasteiger partial charge in [0.05, 0.1) is 18.4 Å². The molecule has 2 aliphatic heterocycles. The monoisotopic (exact) mass is 275 g/mol. The number of fused-ring (bicyclic) bond motifs is 5. The lowest BCUT2D eigenvalue weighted by Gasteiger charge is -2.35. The largest absolute Gasteiger partial charge is 0.377 e. The van der Waals surface area contributed by atoms with Crippen LogP contribution in [0, 0.1) is 0 Å². The molecule has 1 aromatic rings. The van der Waals surface area contributed by atoms with Gasteiger partial charge in [-0.05, 0) is 51.6 Å². The molecule has 1 aliphatic carbocycles. The quantitative estimate of drug-likeness (QED) is 0.846. The Hall–Kier alpha value is -0.870. The van der Waals surface area contributed by atoms with Gasteiger partial charge in [-0.2, -0.15) is 5.10 Å². The zero-order valence-corrected chi connectivity index (χ0v) is 12.8. The molecule has 1 aromatic heterocycles. The van der Waals surface area contributed by atoms with Crippen LogP contribution in [0.2, 0.25) is 0 Å². The van der Waals surface area contributed by atoms with Gasteiger partial charge in [-0.15, -0.1) is 0 Å².